The van der Waals surface area contributed by atoms with Crippen molar-refractivity contribution in [1.29, 1.82) is 5.26 Å². The molecule has 1 aromatic heterocycles. The van der Waals surface area contributed by atoms with E-state index in [1.54, 1.807) is 35.5 Å². The van der Waals surface area contributed by atoms with Crippen LogP contribution in [0.1, 0.15) is 11.1 Å². The average molecular weight is 415 g/mol. The fourth-order valence-electron chi connectivity index (χ4n) is 2.41. The highest BCUT2D eigenvalue weighted by molar-refractivity contribution is 7.08. The second kappa shape index (κ2) is 8.38. The Labute approximate surface area is 171 Å². The van der Waals surface area contributed by atoms with Crippen molar-refractivity contribution in [2.45, 2.75) is 6.92 Å². The quantitative estimate of drug-likeness (QED) is 0.391. The number of aromatic nitrogens is 1. The molecule has 0 saturated carbocycles. The minimum Gasteiger partial charge on any atom is -0.443 e. The van der Waals surface area contributed by atoms with Gasteiger partial charge in [0, 0.05) is 37.3 Å². The first-order valence-corrected chi connectivity index (χ1v) is 9.38. The highest BCUT2D eigenvalue weighted by Crippen LogP contribution is 2.40. The first kappa shape index (κ1) is 19.8. The van der Waals surface area contributed by atoms with Crippen LogP contribution in [0.3, 0.4) is 0 Å². The van der Waals surface area contributed by atoms with Gasteiger partial charge in [-0.1, -0.05) is 23.7 Å². The fourth-order valence-corrected chi connectivity index (χ4v) is 3.34. The van der Waals surface area contributed by atoms with E-state index < -0.39 is 5.82 Å². The molecular formula is C20H16ClFN4OS. The third-order valence-electron chi connectivity index (χ3n) is 3.75. The van der Waals surface area contributed by atoms with Gasteiger partial charge < -0.3 is 9.64 Å². The molecule has 0 aliphatic rings. The Morgan fingerprint density at radius 1 is 1.32 bits per heavy atom. The van der Waals surface area contributed by atoms with E-state index in [0.717, 1.165) is 17.1 Å². The van der Waals surface area contributed by atoms with Crippen LogP contribution in [-0.2, 0) is 0 Å². The summed E-state index contributed by atoms with van der Waals surface area (Å²) in [6, 6.07) is 11.5. The van der Waals surface area contributed by atoms with Crippen molar-refractivity contribution in [2.75, 3.05) is 14.1 Å². The maximum Gasteiger partial charge on any atom is 0.218 e. The predicted octanol–water partition coefficient (Wildman–Crippen LogP) is 5.80. The Kier molecular flexibility index (Phi) is 5.93. The minimum absolute atomic E-state index is 0.251. The number of hydrogen-bond acceptors (Lipinski definition) is 5. The number of aliphatic imine (C=N–C) groups is 1. The van der Waals surface area contributed by atoms with Crippen LogP contribution < -0.4 is 4.74 Å². The molecule has 2 aromatic carbocycles. The standard InChI is InChI=1S/C20H16ClFN4OS/c1-12-7-17(24-11-26(2)3)16(21)9-18(12)27-20-15(10-23)19(25-28-20)13-5-4-6-14(22)8-13/h4-9,11H,1-3H3. The number of nitrogens with zero attached hydrogens (tertiary/aromatic N) is 4. The van der Waals surface area contributed by atoms with Gasteiger partial charge in [0.1, 0.15) is 28.9 Å². The van der Waals surface area contributed by atoms with Crippen molar-refractivity contribution >= 4 is 35.2 Å². The number of hydrogen-bond donors (Lipinski definition) is 0. The molecule has 0 bridgehead atoms. The lowest BCUT2D eigenvalue weighted by Crippen LogP contribution is -2.07. The Morgan fingerprint density at radius 3 is 2.79 bits per heavy atom. The molecule has 1 heterocycles. The molecule has 0 atom stereocenters. The van der Waals surface area contributed by atoms with Crippen LogP contribution in [-0.4, -0.2) is 29.7 Å². The van der Waals surface area contributed by atoms with Crippen LogP contribution in [0, 0.1) is 24.1 Å². The van der Waals surface area contributed by atoms with Gasteiger partial charge in [-0.15, -0.1) is 0 Å². The summed E-state index contributed by atoms with van der Waals surface area (Å²) in [5.74, 6) is 0.105. The number of nitriles is 1. The molecule has 0 saturated heterocycles. The van der Waals surface area contributed by atoms with Gasteiger partial charge >= 0.3 is 0 Å². The number of benzene rings is 2. The summed E-state index contributed by atoms with van der Waals surface area (Å²) >= 11 is 7.34. The first-order valence-electron chi connectivity index (χ1n) is 8.23. The molecule has 0 unspecified atom stereocenters. The van der Waals surface area contributed by atoms with Gasteiger partial charge in [0.15, 0.2) is 0 Å². The van der Waals surface area contributed by atoms with Crippen molar-refractivity contribution < 1.29 is 9.13 Å². The zero-order valence-corrected chi connectivity index (χ0v) is 17.0. The summed E-state index contributed by atoms with van der Waals surface area (Å²) in [6.07, 6.45) is 1.66. The van der Waals surface area contributed by atoms with Gasteiger partial charge in [-0.05, 0) is 30.7 Å². The normalized spacial score (nSPS) is 10.9. The highest BCUT2D eigenvalue weighted by atomic mass is 35.5. The first-order chi connectivity index (χ1) is 13.4. The van der Waals surface area contributed by atoms with Crippen molar-refractivity contribution in [2.24, 2.45) is 4.99 Å². The molecule has 8 heteroatoms. The van der Waals surface area contributed by atoms with Gasteiger partial charge in [0.05, 0.1) is 17.0 Å². The van der Waals surface area contributed by atoms with E-state index in [1.165, 1.54) is 12.1 Å². The van der Waals surface area contributed by atoms with E-state index in [1.807, 2.05) is 21.0 Å². The van der Waals surface area contributed by atoms with Crippen LogP contribution >= 0.6 is 23.1 Å². The maximum atomic E-state index is 13.5. The Bertz CT molecular complexity index is 1090. The molecule has 0 amide bonds. The minimum atomic E-state index is -0.395. The smallest absolute Gasteiger partial charge is 0.218 e. The Hall–Kier alpha value is -2.95. The third kappa shape index (κ3) is 4.30. The van der Waals surface area contributed by atoms with Crippen LogP contribution in [0.15, 0.2) is 41.4 Å². The molecule has 0 fully saturated rings. The van der Waals surface area contributed by atoms with Crippen LogP contribution in [0.25, 0.3) is 11.3 Å². The van der Waals surface area contributed by atoms with E-state index in [-0.39, 0.29) is 5.56 Å². The maximum absolute atomic E-state index is 13.5. The second-order valence-corrected chi connectivity index (χ2v) is 7.34. The predicted molar refractivity (Wildman–Crippen MR) is 110 cm³/mol. The molecule has 0 aliphatic heterocycles. The van der Waals surface area contributed by atoms with E-state index in [2.05, 4.69) is 15.4 Å². The van der Waals surface area contributed by atoms with Crippen molar-refractivity contribution in [3.63, 3.8) is 0 Å². The third-order valence-corrected chi connectivity index (χ3v) is 4.78. The largest absolute Gasteiger partial charge is 0.443 e. The number of rotatable bonds is 5. The summed E-state index contributed by atoms with van der Waals surface area (Å²) in [5, 5.41) is 10.3. The summed E-state index contributed by atoms with van der Waals surface area (Å²) in [7, 11) is 3.73. The second-order valence-electron chi connectivity index (χ2n) is 6.20. The van der Waals surface area contributed by atoms with Gasteiger partial charge in [0.25, 0.3) is 0 Å². The topological polar surface area (TPSA) is 61.5 Å². The molecule has 3 aromatic rings. The van der Waals surface area contributed by atoms with E-state index in [0.29, 0.717) is 32.8 Å². The van der Waals surface area contributed by atoms with E-state index in [9.17, 15) is 9.65 Å². The van der Waals surface area contributed by atoms with Crippen LogP contribution in [0.2, 0.25) is 5.02 Å². The molecule has 5 nitrogen and oxygen atoms in total. The Morgan fingerprint density at radius 2 is 2.11 bits per heavy atom. The Balaban J connectivity index is 1.95. The summed E-state index contributed by atoms with van der Waals surface area (Å²) in [6.45, 7) is 1.86. The number of halogens is 2. The van der Waals surface area contributed by atoms with Crippen LogP contribution in [0.4, 0.5) is 10.1 Å². The molecule has 142 valence electrons. The lowest BCUT2D eigenvalue weighted by Gasteiger charge is -2.10. The molecule has 0 spiro atoms. The number of aryl methyl sites for hydroxylation is 1. The van der Waals surface area contributed by atoms with Crippen molar-refractivity contribution in [3.8, 4) is 28.1 Å². The summed E-state index contributed by atoms with van der Waals surface area (Å²) < 4.78 is 23.7. The van der Waals surface area contributed by atoms with Crippen LogP contribution in [0.5, 0.6) is 10.8 Å². The SMILES string of the molecule is Cc1cc(N=CN(C)C)c(Cl)cc1Oc1snc(-c2cccc(F)c2)c1C#N. The summed E-state index contributed by atoms with van der Waals surface area (Å²) in [5.41, 5.74) is 2.58. The zero-order chi connectivity index (χ0) is 20.3. The lowest BCUT2D eigenvalue weighted by atomic mass is 10.1. The molecule has 0 radical (unpaired) electrons. The highest BCUT2D eigenvalue weighted by Gasteiger charge is 2.19. The zero-order valence-electron chi connectivity index (χ0n) is 15.4. The van der Waals surface area contributed by atoms with E-state index >= 15 is 0 Å². The van der Waals surface area contributed by atoms with Gasteiger partial charge in [-0.25, -0.2) is 9.38 Å². The fraction of sp³-hybridized carbons (Fsp3) is 0.150. The molecule has 28 heavy (non-hydrogen) atoms. The van der Waals surface area contributed by atoms with Crippen molar-refractivity contribution in [3.05, 3.63) is 58.4 Å². The molecule has 0 aliphatic carbocycles. The van der Waals surface area contributed by atoms with Gasteiger partial charge in [-0.3, -0.25) is 0 Å². The van der Waals surface area contributed by atoms with Crippen molar-refractivity contribution in [1.82, 2.24) is 9.27 Å². The average Bonchev–Trinajstić information content (AvgIpc) is 3.05. The number of ether oxygens (including phenoxy) is 1. The molecule has 3 rings (SSSR count). The summed E-state index contributed by atoms with van der Waals surface area (Å²) in [4.78, 5) is 6.12. The lowest BCUT2D eigenvalue weighted by molar-refractivity contribution is 0.491. The molecule has 0 N–H and O–H groups in total. The van der Waals surface area contributed by atoms with Gasteiger partial charge in [0.2, 0.25) is 5.06 Å². The monoisotopic (exact) mass is 414 g/mol. The van der Waals surface area contributed by atoms with Gasteiger partial charge in [-0.2, -0.15) is 9.64 Å². The molecular weight excluding hydrogens is 399 g/mol. The van der Waals surface area contributed by atoms with E-state index in [4.69, 9.17) is 16.3 Å².